The SMILES string of the molecule is O=C(Nc1cc(NC(=O)C2CC2c2ccccc2)cc(C(F)(F)F)c1)Nc1c[n+](Cc2ccccn2)no1. The number of pyridine rings is 1. The second kappa shape index (κ2) is 10.3. The van der Waals surface area contributed by atoms with E-state index in [2.05, 4.69) is 26.2 Å². The van der Waals surface area contributed by atoms with Crippen LogP contribution in [0.15, 0.2) is 83.6 Å². The van der Waals surface area contributed by atoms with Crippen LogP contribution in [0.25, 0.3) is 0 Å². The van der Waals surface area contributed by atoms with Gasteiger partial charge in [0, 0.05) is 23.5 Å². The quantitative estimate of drug-likeness (QED) is 0.301. The molecule has 4 aromatic rings. The maximum absolute atomic E-state index is 13.5. The first-order valence-corrected chi connectivity index (χ1v) is 11.7. The van der Waals surface area contributed by atoms with Gasteiger partial charge in [0.15, 0.2) is 0 Å². The smallest absolute Gasteiger partial charge is 0.326 e. The van der Waals surface area contributed by atoms with Gasteiger partial charge in [-0.1, -0.05) is 36.4 Å². The van der Waals surface area contributed by atoms with Crippen molar-refractivity contribution in [3.8, 4) is 0 Å². The molecule has 12 heteroatoms. The predicted molar refractivity (Wildman–Crippen MR) is 130 cm³/mol. The number of nitrogens with zero attached hydrogens (tertiary/aromatic N) is 3. The summed E-state index contributed by atoms with van der Waals surface area (Å²) in [5, 5.41) is 11.1. The molecule has 0 spiro atoms. The van der Waals surface area contributed by atoms with Crippen molar-refractivity contribution in [1.82, 2.24) is 10.3 Å². The number of halogens is 3. The fraction of sp³-hybridized carbons (Fsp3) is 0.192. The Balaban J connectivity index is 1.24. The number of urea groups is 1. The molecule has 3 N–H and O–H groups in total. The molecule has 3 amide bonds. The lowest BCUT2D eigenvalue weighted by atomic mass is 10.1. The molecule has 1 aliphatic carbocycles. The van der Waals surface area contributed by atoms with Gasteiger partial charge in [-0.15, -0.1) is 0 Å². The number of alkyl halides is 3. The van der Waals surface area contributed by atoms with E-state index in [-0.39, 0.29) is 41.5 Å². The monoisotopic (exact) mass is 523 g/mol. The number of carbonyl (C=O) groups is 2. The highest BCUT2D eigenvalue weighted by molar-refractivity contribution is 6.00. The van der Waals surface area contributed by atoms with E-state index in [4.69, 9.17) is 4.52 Å². The molecule has 2 heterocycles. The molecule has 1 aliphatic rings. The highest BCUT2D eigenvalue weighted by atomic mass is 19.4. The van der Waals surface area contributed by atoms with Crippen molar-refractivity contribution in [2.24, 2.45) is 5.92 Å². The lowest BCUT2D eigenvalue weighted by molar-refractivity contribution is -0.755. The molecule has 0 bridgehead atoms. The van der Waals surface area contributed by atoms with Gasteiger partial charge >= 0.3 is 18.1 Å². The molecule has 1 fully saturated rings. The Labute approximate surface area is 214 Å². The second-order valence-electron chi connectivity index (χ2n) is 8.81. The summed E-state index contributed by atoms with van der Waals surface area (Å²) < 4.78 is 47.1. The number of rotatable bonds is 7. The number of benzene rings is 2. The summed E-state index contributed by atoms with van der Waals surface area (Å²) >= 11 is 0. The van der Waals surface area contributed by atoms with Crippen molar-refractivity contribution >= 4 is 29.2 Å². The Morgan fingerprint density at radius 2 is 1.71 bits per heavy atom. The lowest BCUT2D eigenvalue weighted by Crippen LogP contribution is -2.35. The van der Waals surface area contributed by atoms with Gasteiger partial charge < -0.3 is 10.6 Å². The molecular weight excluding hydrogens is 501 g/mol. The minimum Gasteiger partial charge on any atom is -0.326 e. The van der Waals surface area contributed by atoms with E-state index < -0.39 is 17.8 Å². The Morgan fingerprint density at radius 3 is 2.42 bits per heavy atom. The number of hydrogen-bond donors (Lipinski definition) is 3. The highest BCUT2D eigenvalue weighted by Crippen LogP contribution is 2.48. The van der Waals surface area contributed by atoms with Gasteiger partial charge in [-0.2, -0.15) is 13.2 Å². The first-order valence-electron chi connectivity index (χ1n) is 11.7. The first kappa shape index (κ1) is 24.9. The summed E-state index contributed by atoms with van der Waals surface area (Å²) in [5.41, 5.74) is 0.454. The molecule has 5 rings (SSSR count). The molecule has 2 aromatic heterocycles. The fourth-order valence-electron chi connectivity index (χ4n) is 4.06. The third kappa shape index (κ3) is 6.14. The lowest BCUT2D eigenvalue weighted by Gasteiger charge is -2.14. The zero-order valence-corrected chi connectivity index (χ0v) is 19.8. The first-order chi connectivity index (χ1) is 18.2. The van der Waals surface area contributed by atoms with Crippen LogP contribution >= 0.6 is 0 Å². The molecule has 1 saturated carbocycles. The zero-order valence-electron chi connectivity index (χ0n) is 19.8. The third-order valence-corrected chi connectivity index (χ3v) is 5.94. The van der Waals surface area contributed by atoms with Crippen molar-refractivity contribution in [3.63, 3.8) is 0 Å². The molecule has 0 radical (unpaired) electrons. The predicted octanol–water partition coefficient (Wildman–Crippen LogP) is 4.81. The van der Waals surface area contributed by atoms with Gasteiger partial charge in [-0.3, -0.25) is 19.6 Å². The van der Waals surface area contributed by atoms with Crippen LogP contribution in [0.2, 0.25) is 0 Å². The summed E-state index contributed by atoms with van der Waals surface area (Å²) in [7, 11) is 0. The summed E-state index contributed by atoms with van der Waals surface area (Å²) in [4.78, 5) is 29.3. The van der Waals surface area contributed by atoms with Crippen molar-refractivity contribution in [2.75, 3.05) is 16.0 Å². The molecule has 2 atom stereocenters. The average Bonchev–Trinajstić information content (AvgIpc) is 3.58. The summed E-state index contributed by atoms with van der Waals surface area (Å²) in [6, 6.07) is 16.8. The zero-order chi connectivity index (χ0) is 26.7. The Hall–Kier alpha value is -4.74. The largest absolute Gasteiger partial charge is 0.416 e. The molecule has 9 nitrogen and oxygen atoms in total. The maximum atomic E-state index is 13.5. The third-order valence-electron chi connectivity index (χ3n) is 5.94. The minimum atomic E-state index is -4.69. The van der Waals surface area contributed by atoms with E-state index in [1.807, 2.05) is 36.4 Å². The van der Waals surface area contributed by atoms with Crippen LogP contribution in [0.3, 0.4) is 0 Å². The van der Waals surface area contributed by atoms with Crippen LogP contribution in [-0.2, 0) is 17.5 Å². The van der Waals surface area contributed by atoms with Crippen molar-refractivity contribution in [1.29, 1.82) is 0 Å². The van der Waals surface area contributed by atoms with Gasteiger partial charge in [0.05, 0.1) is 5.56 Å². The minimum absolute atomic E-state index is 0.0210. The molecule has 0 saturated heterocycles. The van der Waals surface area contributed by atoms with E-state index in [0.29, 0.717) is 12.1 Å². The standard InChI is InChI=1S/C26H21F3N6O3/c27-26(28,29)17-10-19(31-24(36)22-13-21(22)16-6-2-1-3-7-16)12-20(11-17)32-25(37)33-23-15-35(34-38-23)14-18-8-4-5-9-30-18/h1-12,15,21-22H,13-14H2,(H2-,31,32,33,34,36,37)/p+1. The molecule has 2 unspecified atom stereocenters. The Kier molecular flexibility index (Phi) is 6.77. The number of aromatic nitrogens is 3. The van der Waals surface area contributed by atoms with Crippen LogP contribution in [0, 0.1) is 5.92 Å². The molecular formula is C26H22F3N6O3+. The topological polar surface area (TPSA) is 113 Å². The number of anilines is 3. The highest BCUT2D eigenvalue weighted by Gasteiger charge is 2.44. The number of hydrogen-bond acceptors (Lipinski definition) is 5. The van der Waals surface area contributed by atoms with Gasteiger partial charge in [-0.05, 0) is 52.9 Å². The number of carbonyl (C=O) groups excluding carboxylic acids is 2. The Bertz CT molecular complexity index is 1440. The molecule has 194 valence electrons. The van der Waals surface area contributed by atoms with E-state index in [9.17, 15) is 22.8 Å². The van der Waals surface area contributed by atoms with Gasteiger partial charge in [0.2, 0.25) is 17.7 Å². The molecule has 38 heavy (non-hydrogen) atoms. The normalized spacial score (nSPS) is 16.5. The van der Waals surface area contributed by atoms with Crippen molar-refractivity contribution in [2.45, 2.75) is 25.1 Å². The van der Waals surface area contributed by atoms with Gasteiger partial charge in [0.1, 0.15) is 5.69 Å². The molecule has 0 aliphatic heterocycles. The van der Waals surface area contributed by atoms with E-state index in [1.165, 1.54) is 16.9 Å². The van der Waals surface area contributed by atoms with Crippen LogP contribution in [0.5, 0.6) is 0 Å². The fourth-order valence-corrected chi connectivity index (χ4v) is 4.06. The van der Waals surface area contributed by atoms with Crippen LogP contribution in [-0.4, -0.2) is 22.2 Å². The molecule has 2 aromatic carbocycles. The van der Waals surface area contributed by atoms with Crippen LogP contribution in [0.4, 0.5) is 35.2 Å². The number of nitrogens with one attached hydrogen (secondary N) is 3. The average molecular weight is 523 g/mol. The summed E-state index contributed by atoms with van der Waals surface area (Å²) in [6.07, 6.45) is -1.05. The van der Waals surface area contributed by atoms with Crippen molar-refractivity contribution in [3.05, 3.63) is 95.9 Å². The van der Waals surface area contributed by atoms with Gasteiger partial charge in [0.25, 0.3) is 6.20 Å². The van der Waals surface area contributed by atoms with Crippen LogP contribution < -0.4 is 20.6 Å². The summed E-state index contributed by atoms with van der Waals surface area (Å²) in [5.74, 6) is -0.726. The number of amides is 3. The van der Waals surface area contributed by atoms with E-state index >= 15 is 0 Å². The summed E-state index contributed by atoms with van der Waals surface area (Å²) in [6.45, 7) is 0.288. The van der Waals surface area contributed by atoms with E-state index in [0.717, 1.165) is 17.7 Å². The van der Waals surface area contributed by atoms with Crippen molar-refractivity contribution < 1.29 is 32.0 Å². The maximum Gasteiger partial charge on any atom is 0.416 e. The van der Waals surface area contributed by atoms with Crippen LogP contribution in [0.1, 0.15) is 29.2 Å². The van der Waals surface area contributed by atoms with E-state index in [1.54, 1.807) is 18.3 Å². The Morgan fingerprint density at radius 1 is 0.974 bits per heavy atom. The second-order valence-corrected chi connectivity index (χ2v) is 8.81. The van der Waals surface area contributed by atoms with Gasteiger partial charge in [-0.25, -0.2) is 4.79 Å².